The van der Waals surface area contributed by atoms with Gasteiger partial charge in [-0.3, -0.25) is 4.79 Å². The highest BCUT2D eigenvalue weighted by Crippen LogP contribution is 1.95. The van der Waals surface area contributed by atoms with Crippen LogP contribution in [0.25, 0.3) is 0 Å². The molecular formula is C7H16N2O2. The predicted molar refractivity (Wildman–Crippen MR) is 43.8 cm³/mol. The number of aldehydes is 1. The first-order chi connectivity index (χ1) is 5.04. The number of rotatable bonds is 3. The Morgan fingerprint density at radius 1 is 1.55 bits per heavy atom. The maximum absolute atomic E-state index is 10.0. The second-order valence-electron chi connectivity index (χ2n) is 2.47. The van der Waals surface area contributed by atoms with Gasteiger partial charge in [-0.2, -0.15) is 0 Å². The number of primary amides is 1. The summed E-state index contributed by atoms with van der Waals surface area (Å²) in [6.07, 6.45) is 1.15. The van der Waals surface area contributed by atoms with Gasteiger partial charge in [0.25, 0.3) is 0 Å². The van der Waals surface area contributed by atoms with Gasteiger partial charge in [-0.1, -0.05) is 13.8 Å². The third-order valence-electron chi connectivity index (χ3n) is 0.706. The molecule has 0 atom stereocenters. The molecule has 0 rings (SSSR count). The van der Waals surface area contributed by atoms with Gasteiger partial charge in [0.1, 0.15) is 6.29 Å². The molecule has 66 valence electrons. The van der Waals surface area contributed by atoms with Crippen LogP contribution in [-0.4, -0.2) is 18.7 Å². The molecule has 0 saturated heterocycles. The van der Waals surface area contributed by atoms with Crippen LogP contribution in [-0.2, 0) is 9.59 Å². The summed E-state index contributed by atoms with van der Waals surface area (Å²) in [6, 6.07) is 0. The summed E-state index contributed by atoms with van der Waals surface area (Å²) in [5.41, 5.74) is 9.51. The third-order valence-corrected chi connectivity index (χ3v) is 0.706. The van der Waals surface area contributed by atoms with Crippen LogP contribution in [0.2, 0.25) is 0 Å². The lowest BCUT2D eigenvalue weighted by atomic mass is 10.1. The van der Waals surface area contributed by atoms with Crippen LogP contribution >= 0.6 is 0 Å². The largest absolute Gasteiger partial charge is 0.370 e. The Bertz CT molecular complexity index is 113. The van der Waals surface area contributed by atoms with E-state index in [2.05, 4.69) is 5.73 Å². The van der Waals surface area contributed by atoms with Crippen LogP contribution in [0.15, 0.2) is 0 Å². The van der Waals surface area contributed by atoms with Crippen molar-refractivity contribution < 1.29 is 9.59 Å². The molecule has 0 unspecified atom stereocenters. The summed E-state index contributed by atoms with van der Waals surface area (Å²) in [7, 11) is 0. The van der Waals surface area contributed by atoms with Gasteiger partial charge in [0.05, 0.1) is 0 Å². The normalized spacial score (nSPS) is 8.36. The molecule has 0 aromatic carbocycles. The van der Waals surface area contributed by atoms with E-state index in [9.17, 15) is 4.79 Å². The lowest BCUT2D eigenvalue weighted by Crippen LogP contribution is -2.12. The Kier molecular flexibility index (Phi) is 10.5. The maximum atomic E-state index is 10.0. The van der Waals surface area contributed by atoms with Crippen molar-refractivity contribution in [3.63, 3.8) is 0 Å². The molecule has 0 fully saturated rings. The van der Waals surface area contributed by atoms with E-state index < -0.39 is 0 Å². The van der Waals surface area contributed by atoms with Crippen LogP contribution in [0.1, 0.15) is 20.3 Å². The SMILES string of the molecule is CC(C)CC(N)=O.NCC=O. The van der Waals surface area contributed by atoms with Gasteiger partial charge in [-0.05, 0) is 5.92 Å². The Morgan fingerprint density at radius 2 is 1.91 bits per heavy atom. The van der Waals surface area contributed by atoms with Gasteiger partial charge in [0.2, 0.25) is 5.91 Å². The zero-order valence-electron chi connectivity index (χ0n) is 7.04. The molecule has 4 N–H and O–H groups in total. The molecule has 0 aliphatic rings. The van der Waals surface area contributed by atoms with Crippen molar-refractivity contribution in [3.05, 3.63) is 0 Å². The highest BCUT2D eigenvalue weighted by Gasteiger charge is 1.96. The van der Waals surface area contributed by atoms with Gasteiger partial charge in [-0.25, -0.2) is 0 Å². The molecule has 0 bridgehead atoms. The molecule has 0 aromatic rings. The van der Waals surface area contributed by atoms with Crippen molar-refractivity contribution in [1.29, 1.82) is 0 Å². The molecule has 0 spiro atoms. The molecule has 0 heterocycles. The van der Waals surface area contributed by atoms with E-state index >= 15 is 0 Å². The molecular weight excluding hydrogens is 144 g/mol. The average Bonchev–Trinajstić information content (AvgIpc) is 1.85. The molecule has 4 nitrogen and oxygen atoms in total. The highest BCUT2D eigenvalue weighted by atomic mass is 16.1. The fraction of sp³-hybridized carbons (Fsp3) is 0.714. The molecule has 0 radical (unpaired) electrons. The van der Waals surface area contributed by atoms with E-state index in [-0.39, 0.29) is 12.5 Å². The van der Waals surface area contributed by atoms with Gasteiger partial charge in [0, 0.05) is 13.0 Å². The lowest BCUT2D eigenvalue weighted by molar-refractivity contribution is -0.118. The fourth-order valence-electron chi connectivity index (χ4n) is 0.402. The second kappa shape index (κ2) is 9.10. The lowest BCUT2D eigenvalue weighted by Gasteiger charge is -1.95. The van der Waals surface area contributed by atoms with Crippen LogP contribution in [0.5, 0.6) is 0 Å². The third kappa shape index (κ3) is 27.3. The number of nitrogens with two attached hydrogens (primary N) is 2. The second-order valence-corrected chi connectivity index (χ2v) is 2.47. The molecule has 0 saturated carbocycles. The zero-order valence-corrected chi connectivity index (χ0v) is 7.04. The van der Waals surface area contributed by atoms with Crippen molar-refractivity contribution in [2.45, 2.75) is 20.3 Å². The first-order valence-corrected chi connectivity index (χ1v) is 3.46. The van der Waals surface area contributed by atoms with Crippen LogP contribution in [0.4, 0.5) is 0 Å². The van der Waals surface area contributed by atoms with E-state index in [0.717, 1.165) is 0 Å². The van der Waals surface area contributed by atoms with Crippen LogP contribution in [0, 0.1) is 5.92 Å². The summed E-state index contributed by atoms with van der Waals surface area (Å²) < 4.78 is 0. The Labute approximate surface area is 66.9 Å². The summed E-state index contributed by atoms with van der Waals surface area (Å²) in [6.45, 7) is 4.06. The highest BCUT2D eigenvalue weighted by molar-refractivity contribution is 5.73. The smallest absolute Gasteiger partial charge is 0.217 e. The van der Waals surface area contributed by atoms with Crippen molar-refractivity contribution >= 4 is 12.2 Å². The van der Waals surface area contributed by atoms with Crippen molar-refractivity contribution in [1.82, 2.24) is 0 Å². The van der Waals surface area contributed by atoms with E-state index in [1.807, 2.05) is 13.8 Å². The number of carbonyl (C=O) groups excluding carboxylic acids is 2. The number of hydrogen-bond acceptors (Lipinski definition) is 3. The monoisotopic (exact) mass is 160 g/mol. The van der Waals surface area contributed by atoms with E-state index in [1.54, 1.807) is 0 Å². The number of carbonyl (C=O) groups is 2. The number of hydrogen-bond donors (Lipinski definition) is 2. The van der Waals surface area contributed by atoms with Crippen molar-refractivity contribution in [3.8, 4) is 0 Å². The molecule has 4 heteroatoms. The topological polar surface area (TPSA) is 86.2 Å². The quantitative estimate of drug-likeness (QED) is 0.554. The first kappa shape index (κ1) is 12.7. The minimum atomic E-state index is -0.213. The van der Waals surface area contributed by atoms with Crippen LogP contribution < -0.4 is 11.5 Å². The standard InChI is InChI=1S/C5H11NO.C2H5NO/c1-4(2)3-5(6)7;3-1-2-4/h4H,3H2,1-2H3,(H2,6,7);2H,1,3H2. The summed E-state index contributed by atoms with van der Waals surface area (Å²) in [4.78, 5) is 19.1. The van der Waals surface area contributed by atoms with Crippen molar-refractivity contribution in [2.75, 3.05) is 6.54 Å². The molecule has 1 amide bonds. The van der Waals surface area contributed by atoms with Gasteiger partial charge >= 0.3 is 0 Å². The fourth-order valence-corrected chi connectivity index (χ4v) is 0.402. The first-order valence-electron chi connectivity index (χ1n) is 3.46. The minimum Gasteiger partial charge on any atom is -0.370 e. The van der Waals surface area contributed by atoms with E-state index in [0.29, 0.717) is 18.6 Å². The zero-order chi connectivity index (χ0) is 9.28. The molecule has 11 heavy (non-hydrogen) atoms. The average molecular weight is 160 g/mol. The van der Waals surface area contributed by atoms with Gasteiger partial charge in [0.15, 0.2) is 0 Å². The summed E-state index contributed by atoms with van der Waals surface area (Å²) >= 11 is 0. The summed E-state index contributed by atoms with van der Waals surface area (Å²) in [5.74, 6) is 0.188. The van der Waals surface area contributed by atoms with Crippen LogP contribution in [0.3, 0.4) is 0 Å². The summed E-state index contributed by atoms with van der Waals surface area (Å²) in [5, 5.41) is 0. The molecule has 0 aliphatic heterocycles. The van der Waals surface area contributed by atoms with Gasteiger partial charge < -0.3 is 16.3 Å². The minimum absolute atomic E-state index is 0.139. The predicted octanol–water partition coefficient (Wildman–Crippen LogP) is -0.338. The molecule has 0 aliphatic carbocycles. The maximum Gasteiger partial charge on any atom is 0.217 e. The van der Waals surface area contributed by atoms with E-state index in [1.165, 1.54) is 0 Å². The van der Waals surface area contributed by atoms with E-state index in [4.69, 9.17) is 10.5 Å². The Morgan fingerprint density at radius 3 is 1.91 bits per heavy atom. The Hall–Kier alpha value is -0.900. The molecule has 0 aromatic heterocycles. The van der Waals surface area contributed by atoms with Crippen molar-refractivity contribution in [2.24, 2.45) is 17.4 Å². The number of amides is 1. The Balaban J connectivity index is 0. The van der Waals surface area contributed by atoms with Gasteiger partial charge in [-0.15, -0.1) is 0 Å².